The zero-order valence-electron chi connectivity index (χ0n) is 36.0. The molecule has 19 nitrogen and oxygen atoms in total. The second kappa shape index (κ2) is 22.5. The standard InChI is InChI=1S/C41H59F3N10O9/c1-25-19-29(55)21-53(25)39(59)34(40(2,3)4)47-11-13-60-15-17-62-18-16-61-14-12-48-36(57)26-5-7-28(8-6-26)54-22-30(33(52-54)35(45)56)50-37(58)31-23-63-38(51-31)27-9-10-46-32(20-27)49-24-41(42,43)44/h9-10,20,22-23,25-26,28-29,34,47,55H,5-8,11-19,21,24H2,1-4H3,(H2,45,56)(H,46,49)(H,48,57)(H,50,58)/t25-,26?,28?,29-,34-/m1/s1. The van der Waals surface area contributed by atoms with Gasteiger partial charge < -0.3 is 55.6 Å². The Kier molecular flexibility index (Phi) is 17.4. The number of carbonyl (C=O) groups excluding carboxylic acids is 4. The number of ether oxygens (including phenoxy) is 3. The molecule has 3 aromatic rings. The number of amides is 4. The predicted octanol–water partition coefficient (Wildman–Crippen LogP) is 3.14. The van der Waals surface area contributed by atoms with E-state index >= 15 is 0 Å². The zero-order valence-corrected chi connectivity index (χ0v) is 36.0. The van der Waals surface area contributed by atoms with E-state index in [-0.39, 0.29) is 69.6 Å². The highest BCUT2D eigenvalue weighted by Gasteiger charge is 2.39. The van der Waals surface area contributed by atoms with E-state index in [0.29, 0.717) is 91.4 Å². The lowest BCUT2D eigenvalue weighted by Gasteiger charge is -2.35. The quantitative estimate of drug-likeness (QED) is 0.0794. The van der Waals surface area contributed by atoms with Crippen LogP contribution >= 0.6 is 0 Å². The summed E-state index contributed by atoms with van der Waals surface area (Å²) in [5.41, 5.74) is 5.25. The van der Waals surface area contributed by atoms with Crippen molar-refractivity contribution in [2.75, 3.05) is 76.5 Å². The van der Waals surface area contributed by atoms with Gasteiger partial charge in [0, 0.05) is 49.6 Å². The highest BCUT2D eigenvalue weighted by atomic mass is 19.4. The number of alkyl halides is 3. The molecule has 1 saturated carbocycles. The first-order chi connectivity index (χ1) is 29.9. The Morgan fingerprint density at radius 3 is 2.29 bits per heavy atom. The van der Waals surface area contributed by atoms with E-state index in [9.17, 15) is 37.5 Å². The van der Waals surface area contributed by atoms with Crippen LogP contribution < -0.4 is 27.0 Å². The molecule has 22 heteroatoms. The number of likely N-dealkylation sites (tertiary alicyclic amines) is 1. The minimum Gasteiger partial charge on any atom is -0.444 e. The van der Waals surface area contributed by atoms with Gasteiger partial charge >= 0.3 is 6.18 Å². The number of nitrogens with one attached hydrogen (secondary N) is 4. The molecule has 348 valence electrons. The van der Waals surface area contributed by atoms with Crippen molar-refractivity contribution < 1.29 is 56.1 Å². The molecular weight excluding hydrogens is 834 g/mol. The molecule has 2 aliphatic rings. The zero-order chi connectivity index (χ0) is 45.7. The van der Waals surface area contributed by atoms with E-state index in [1.165, 1.54) is 24.5 Å². The van der Waals surface area contributed by atoms with E-state index in [1.54, 1.807) is 9.58 Å². The number of halogens is 3. The third-order valence-corrected chi connectivity index (χ3v) is 10.7. The number of aromatic nitrogens is 4. The predicted molar refractivity (Wildman–Crippen MR) is 222 cm³/mol. The Labute approximate surface area is 363 Å². The topological polar surface area (TPSA) is 250 Å². The van der Waals surface area contributed by atoms with E-state index in [1.807, 2.05) is 27.7 Å². The van der Waals surface area contributed by atoms with Gasteiger partial charge in [-0.15, -0.1) is 0 Å². The lowest BCUT2D eigenvalue weighted by Crippen LogP contribution is -2.54. The first-order valence-corrected chi connectivity index (χ1v) is 21.0. The van der Waals surface area contributed by atoms with Crippen molar-refractivity contribution in [3.63, 3.8) is 0 Å². The van der Waals surface area contributed by atoms with Crippen LogP contribution in [0.15, 0.2) is 35.2 Å². The van der Waals surface area contributed by atoms with Crippen LogP contribution in [0.5, 0.6) is 0 Å². The number of β-amino-alcohol motifs (C(OH)–C–C–N with tert-alkyl or cyclic N) is 1. The van der Waals surface area contributed by atoms with Crippen molar-refractivity contribution >= 4 is 35.1 Å². The van der Waals surface area contributed by atoms with Gasteiger partial charge in [-0.1, -0.05) is 20.8 Å². The first kappa shape index (κ1) is 48.9. The number of aliphatic hydroxyl groups is 1. The number of rotatable bonds is 22. The van der Waals surface area contributed by atoms with E-state index < -0.39 is 36.7 Å². The number of aliphatic hydroxyl groups excluding tert-OH is 1. The number of carbonyl (C=O) groups is 4. The number of oxazole rings is 1. The van der Waals surface area contributed by atoms with Gasteiger partial charge in [0.1, 0.15) is 18.6 Å². The van der Waals surface area contributed by atoms with Crippen LogP contribution in [-0.2, 0) is 23.8 Å². The molecule has 4 heterocycles. The van der Waals surface area contributed by atoms with Crippen LogP contribution in [0.25, 0.3) is 11.5 Å². The summed E-state index contributed by atoms with van der Waals surface area (Å²) in [7, 11) is 0. The first-order valence-electron chi connectivity index (χ1n) is 21.0. The lowest BCUT2D eigenvalue weighted by molar-refractivity contribution is -0.137. The maximum atomic E-state index is 13.2. The lowest BCUT2D eigenvalue weighted by atomic mass is 9.85. The molecule has 0 radical (unpaired) electrons. The smallest absolute Gasteiger partial charge is 0.405 e. The second-order valence-electron chi connectivity index (χ2n) is 16.7. The second-order valence-corrected chi connectivity index (χ2v) is 16.7. The summed E-state index contributed by atoms with van der Waals surface area (Å²) in [4.78, 5) is 61.1. The van der Waals surface area contributed by atoms with Crippen LogP contribution in [0.2, 0.25) is 0 Å². The molecule has 1 aliphatic carbocycles. The summed E-state index contributed by atoms with van der Waals surface area (Å²) in [5, 5.41) is 25.3. The largest absolute Gasteiger partial charge is 0.444 e. The molecule has 7 N–H and O–H groups in total. The van der Waals surface area contributed by atoms with Gasteiger partial charge in [0.05, 0.1) is 63.5 Å². The molecule has 0 bridgehead atoms. The van der Waals surface area contributed by atoms with Crippen molar-refractivity contribution in [3.05, 3.63) is 42.2 Å². The van der Waals surface area contributed by atoms with Crippen molar-refractivity contribution in [2.45, 2.75) is 90.2 Å². The van der Waals surface area contributed by atoms with E-state index in [4.69, 9.17) is 24.4 Å². The van der Waals surface area contributed by atoms with Gasteiger partial charge in [-0.2, -0.15) is 18.3 Å². The molecule has 2 fully saturated rings. The van der Waals surface area contributed by atoms with Crippen molar-refractivity contribution in [1.82, 2.24) is 35.3 Å². The molecule has 4 amide bonds. The number of nitrogens with two attached hydrogens (primary N) is 1. The number of pyridine rings is 1. The van der Waals surface area contributed by atoms with Crippen molar-refractivity contribution in [3.8, 4) is 11.5 Å². The number of anilines is 2. The average Bonchev–Trinajstić information content (AvgIpc) is 3.98. The highest BCUT2D eigenvalue weighted by molar-refractivity contribution is 6.07. The molecule has 3 aromatic heterocycles. The third kappa shape index (κ3) is 14.7. The van der Waals surface area contributed by atoms with Gasteiger partial charge in [-0.3, -0.25) is 23.9 Å². The molecule has 1 saturated heterocycles. The van der Waals surface area contributed by atoms with Crippen LogP contribution in [0.4, 0.5) is 24.7 Å². The molecule has 3 atom stereocenters. The minimum absolute atomic E-state index is 0.00421. The number of hydrogen-bond donors (Lipinski definition) is 6. The van der Waals surface area contributed by atoms with Gasteiger partial charge in [0.25, 0.3) is 11.8 Å². The number of primary amides is 1. The minimum atomic E-state index is -4.45. The van der Waals surface area contributed by atoms with Gasteiger partial charge in [-0.05, 0) is 56.6 Å². The number of nitrogens with zero attached hydrogens (tertiary/aromatic N) is 5. The Hall–Kier alpha value is -5.16. The fourth-order valence-electron chi connectivity index (χ4n) is 7.45. The molecule has 63 heavy (non-hydrogen) atoms. The summed E-state index contributed by atoms with van der Waals surface area (Å²) in [5.74, 6) is -2.02. The van der Waals surface area contributed by atoms with Crippen LogP contribution in [0.3, 0.4) is 0 Å². The average molecular weight is 893 g/mol. The Bertz CT molecular complexity index is 1980. The molecule has 1 aliphatic heterocycles. The van der Waals surface area contributed by atoms with E-state index in [2.05, 4.69) is 36.3 Å². The van der Waals surface area contributed by atoms with Crippen molar-refractivity contribution in [2.24, 2.45) is 17.1 Å². The SMILES string of the molecule is C[C@@H]1C[C@@H](O)CN1C(=O)[C@@H](NCCOCCOCCOCCNC(=O)C1CCC(n2cc(NC(=O)c3coc(-c4ccnc(NCC(F)(F)F)c4)n3)c(C(N)=O)n2)CC1)C(C)(C)C. The fraction of sp³-hybridized carbons (Fsp3) is 0.634. The normalized spacial score (nSPS) is 19.8. The van der Waals surface area contributed by atoms with Gasteiger partial charge in [-0.25, -0.2) is 9.97 Å². The maximum absolute atomic E-state index is 13.2. The number of hydrogen-bond acceptors (Lipinski definition) is 14. The molecule has 5 rings (SSSR count). The van der Waals surface area contributed by atoms with Crippen LogP contribution in [0, 0.1) is 11.3 Å². The molecule has 0 unspecified atom stereocenters. The Morgan fingerprint density at radius 1 is 1.00 bits per heavy atom. The summed E-state index contributed by atoms with van der Waals surface area (Å²) in [6.07, 6.45) is 1.78. The van der Waals surface area contributed by atoms with Crippen LogP contribution in [0.1, 0.15) is 86.8 Å². The molecular formula is C41H59F3N10O9. The van der Waals surface area contributed by atoms with Crippen LogP contribution in [-0.4, -0.2) is 144 Å². The summed E-state index contributed by atoms with van der Waals surface area (Å²) < 4.78 is 61.6. The third-order valence-electron chi connectivity index (χ3n) is 10.7. The Morgan fingerprint density at radius 2 is 1.67 bits per heavy atom. The fourth-order valence-corrected chi connectivity index (χ4v) is 7.45. The monoisotopic (exact) mass is 892 g/mol. The van der Waals surface area contributed by atoms with Crippen molar-refractivity contribution in [1.29, 1.82) is 0 Å². The summed E-state index contributed by atoms with van der Waals surface area (Å²) in [6.45, 7) is 10.1. The highest BCUT2D eigenvalue weighted by Crippen LogP contribution is 2.33. The Balaban J connectivity index is 0.939. The van der Waals surface area contributed by atoms with E-state index in [0.717, 1.165) is 6.26 Å². The summed E-state index contributed by atoms with van der Waals surface area (Å²) in [6, 6.07) is 2.19. The molecule has 0 spiro atoms. The summed E-state index contributed by atoms with van der Waals surface area (Å²) >= 11 is 0. The van der Waals surface area contributed by atoms with Gasteiger partial charge in [0.2, 0.25) is 17.7 Å². The maximum Gasteiger partial charge on any atom is 0.405 e. The van der Waals surface area contributed by atoms with Gasteiger partial charge in [0.15, 0.2) is 11.4 Å². The molecule has 0 aromatic carbocycles.